The Morgan fingerprint density at radius 1 is 1.53 bits per heavy atom. The molecule has 1 aromatic carbocycles. The molecule has 0 aliphatic rings. The highest BCUT2D eigenvalue weighted by Gasteiger charge is 2.14. The second kappa shape index (κ2) is 4.97. The van der Waals surface area contributed by atoms with Gasteiger partial charge in [0.15, 0.2) is 0 Å². The van der Waals surface area contributed by atoms with E-state index in [1.807, 2.05) is 17.5 Å². The maximum absolute atomic E-state index is 10.8. The third kappa shape index (κ3) is 2.45. The van der Waals surface area contributed by atoms with Gasteiger partial charge in [-0.3, -0.25) is 4.79 Å². The van der Waals surface area contributed by atoms with Crippen LogP contribution in [0, 0.1) is 0 Å². The number of thiazole rings is 1. The number of ether oxygens (including phenoxy) is 1. The molecular formula is C12H11NO3S. The molecule has 0 bridgehead atoms. The zero-order valence-corrected chi connectivity index (χ0v) is 10.0. The number of rotatable bonds is 4. The maximum Gasteiger partial charge on any atom is 0.307 e. The molecule has 0 unspecified atom stereocenters. The van der Waals surface area contributed by atoms with Crippen molar-refractivity contribution < 1.29 is 14.6 Å². The minimum atomic E-state index is -0.875. The van der Waals surface area contributed by atoms with Crippen LogP contribution < -0.4 is 4.74 Å². The molecule has 1 N–H and O–H groups in total. The Bertz CT molecular complexity index is 523. The van der Waals surface area contributed by atoms with E-state index in [0.717, 1.165) is 10.6 Å². The van der Waals surface area contributed by atoms with E-state index in [9.17, 15) is 4.79 Å². The van der Waals surface area contributed by atoms with Crippen molar-refractivity contribution in [1.29, 1.82) is 0 Å². The Balaban J connectivity index is 2.49. The Kier molecular flexibility index (Phi) is 3.39. The van der Waals surface area contributed by atoms with Crippen LogP contribution in [-0.2, 0) is 11.2 Å². The largest absolute Gasteiger partial charge is 0.496 e. The summed E-state index contributed by atoms with van der Waals surface area (Å²) in [7, 11) is 1.54. The van der Waals surface area contributed by atoms with Gasteiger partial charge in [0.1, 0.15) is 10.8 Å². The van der Waals surface area contributed by atoms with Crippen molar-refractivity contribution in [2.75, 3.05) is 7.11 Å². The highest BCUT2D eigenvalue weighted by molar-refractivity contribution is 7.13. The molecule has 2 rings (SSSR count). The molecule has 0 aliphatic carbocycles. The van der Waals surface area contributed by atoms with Gasteiger partial charge >= 0.3 is 5.97 Å². The summed E-state index contributed by atoms with van der Waals surface area (Å²) in [4.78, 5) is 15.0. The first kappa shape index (κ1) is 11.6. The van der Waals surface area contributed by atoms with Gasteiger partial charge in [0.05, 0.1) is 19.1 Å². The van der Waals surface area contributed by atoms with Crippen molar-refractivity contribution in [1.82, 2.24) is 4.98 Å². The van der Waals surface area contributed by atoms with Gasteiger partial charge in [0, 0.05) is 17.1 Å². The number of methoxy groups -OCH3 is 1. The van der Waals surface area contributed by atoms with E-state index in [1.165, 1.54) is 18.4 Å². The lowest BCUT2D eigenvalue weighted by Gasteiger charge is -2.10. The number of hydrogen-bond donors (Lipinski definition) is 1. The van der Waals surface area contributed by atoms with E-state index in [4.69, 9.17) is 9.84 Å². The van der Waals surface area contributed by atoms with Crippen LogP contribution in [0.5, 0.6) is 5.75 Å². The van der Waals surface area contributed by atoms with Crippen molar-refractivity contribution in [2.24, 2.45) is 0 Å². The fraction of sp³-hybridized carbons (Fsp3) is 0.167. The second-order valence-electron chi connectivity index (χ2n) is 3.41. The van der Waals surface area contributed by atoms with Crippen LogP contribution in [0.15, 0.2) is 29.8 Å². The lowest BCUT2D eigenvalue weighted by Crippen LogP contribution is -2.03. The lowest BCUT2D eigenvalue weighted by molar-refractivity contribution is -0.136. The number of carbonyl (C=O) groups is 1. The third-order valence-corrected chi connectivity index (χ3v) is 3.11. The summed E-state index contributed by atoms with van der Waals surface area (Å²) >= 11 is 1.49. The van der Waals surface area contributed by atoms with Crippen LogP contribution in [-0.4, -0.2) is 23.2 Å². The number of aromatic nitrogens is 1. The number of hydrogen-bond acceptors (Lipinski definition) is 4. The maximum atomic E-state index is 10.8. The molecule has 0 aliphatic heterocycles. The average molecular weight is 249 g/mol. The zero-order chi connectivity index (χ0) is 12.3. The molecule has 5 heteroatoms. The summed E-state index contributed by atoms with van der Waals surface area (Å²) in [6, 6.07) is 5.45. The molecule has 0 saturated carbocycles. The minimum absolute atomic E-state index is 0.0532. The highest BCUT2D eigenvalue weighted by Crippen LogP contribution is 2.34. The fourth-order valence-electron chi connectivity index (χ4n) is 1.65. The molecular weight excluding hydrogens is 238 g/mol. The van der Waals surface area contributed by atoms with Gasteiger partial charge in [-0.1, -0.05) is 12.1 Å². The second-order valence-corrected chi connectivity index (χ2v) is 4.30. The molecule has 0 spiro atoms. The van der Waals surface area contributed by atoms with Crippen LogP contribution in [0.4, 0.5) is 0 Å². The van der Waals surface area contributed by atoms with Crippen molar-refractivity contribution in [3.63, 3.8) is 0 Å². The Labute approximate surface area is 103 Å². The summed E-state index contributed by atoms with van der Waals surface area (Å²) in [5, 5.41) is 11.5. The van der Waals surface area contributed by atoms with E-state index in [2.05, 4.69) is 4.98 Å². The van der Waals surface area contributed by atoms with Crippen molar-refractivity contribution in [3.8, 4) is 16.3 Å². The molecule has 0 radical (unpaired) electrons. The topological polar surface area (TPSA) is 59.4 Å². The number of carboxylic acid groups (broad SMARTS) is 1. The van der Waals surface area contributed by atoms with Crippen molar-refractivity contribution >= 4 is 17.3 Å². The van der Waals surface area contributed by atoms with E-state index in [0.29, 0.717) is 11.3 Å². The summed E-state index contributed by atoms with van der Waals surface area (Å²) in [5.74, 6) is -0.288. The summed E-state index contributed by atoms with van der Waals surface area (Å²) in [6.07, 6.45) is 1.66. The molecule has 4 nitrogen and oxygen atoms in total. The zero-order valence-electron chi connectivity index (χ0n) is 9.21. The summed E-state index contributed by atoms with van der Waals surface area (Å²) < 4.78 is 5.30. The highest BCUT2D eigenvalue weighted by atomic mass is 32.1. The summed E-state index contributed by atoms with van der Waals surface area (Å²) in [5.41, 5.74) is 1.49. The van der Waals surface area contributed by atoms with E-state index in [-0.39, 0.29) is 6.42 Å². The van der Waals surface area contributed by atoms with E-state index >= 15 is 0 Å². The predicted octanol–water partition coefficient (Wildman–Crippen LogP) is 2.45. The van der Waals surface area contributed by atoms with Gasteiger partial charge < -0.3 is 9.84 Å². The molecule has 0 amide bonds. The molecule has 88 valence electrons. The van der Waals surface area contributed by atoms with E-state index < -0.39 is 5.97 Å². The smallest absolute Gasteiger partial charge is 0.307 e. The number of benzene rings is 1. The lowest BCUT2D eigenvalue weighted by atomic mass is 10.1. The first-order chi connectivity index (χ1) is 8.22. The predicted molar refractivity (Wildman–Crippen MR) is 65.4 cm³/mol. The number of para-hydroxylation sites is 1. The minimum Gasteiger partial charge on any atom is -0.496 e. The van der Waals surface area contributed by atoms with Crippen molar-refractivity contribution in [3.05, 3.63) is 35.3 Å². The molecule has 17 heavy (non-hydrogen) atoms. The Hall–Kier alpha value is -1.88. The van der Waals surface area contributed by atoms with Gasteiger partial charge in [0.2, 0.25) is 0 Å². The van der Waals surface area contributed by atoms with Gasteiger partial charge in [0.25, 0.3) is 0 Å². The fourth-order valence-corrected chi connectivity index (χ4v) is 2.31. The first-order valence-electron chi connectivity index (χ1n) is 5.00. The SMILES string of the molecule is COc1c(CC(=O)O)cccc1-c1nccs1. The van der Waals surface area contributed by atoms with Gasteiger partial charge in [-0.05, 0) is 6.07 Å². The Morgan fingerprint density at radius 2 is 2.35 bits per heavy atom. The quantitative estimate of drug-likeness (QED) is 0.904. The van der Waals surface area contributed by atoms with E-state index in [1.54, 1.807) is 12.3 Å². The Morgan fingerprint density at radius 3 is 2.94 bits per heavy atom. The van der Waals surface area contributed by atoms with Crippen molar-refractivity contribution in [2.45, 2.75) is 6.42 Å². The van der Waals surface area contributed by atoms with Gasteiger partial charge in [-0.2, -0.15) is 0 Å². The number of aliphatic carboxylic acids is 1. The average Bonchev–Trinajstić information content (AvgIpc) is 2.81. The standard InChI is InChI=1S/C12H11NO3S/c1-16-11-8(7-10(14)15)3-2-4-9(11)12-13-5-6-17-12/h2-6H,7H2,1H3,(H,14,15). The molecule has 1 aromatic heterocycles. The van der Waals surface area contributed by atoms with Crippen LogP contribution in [0.1, 0.15) is 5.56 Å². The normalized spacial score (nSPS) is 10.2. The van der Waals surface area contributed by atoms with Crippen LogP contribution in [0.2, 0.25) is 0 Å². The molecule has 2 aromatic rings. The number of nitrogens with zero attached hydrogens (tertiary/aromatic N) is 1. The monoisotopic (exact) mass is 249 g/mol. The van der Waals surface area contributed by atoms with Crippen LogP contribution in [0.3, 0.4) is 0 Å². The molecule has 0 fully saturated rings. The third-order valence-electron chi connectivity index (χ3n) is 2.31. The van der Waals surface area contributed by atoms with Crippen LogP contribution in [0.25, 0.3) is 10.6 Å². The summed E-state index contributed by atoms with van der Waals surface area (Å²) in [6.45, 7) is 0. The number of carboxylic acids is 1. The molecule has 1 heterocycles. The van der Waals surface area contributed by atoms with Gasteiger partial charge in [-0.15, -0.1) is 11.3 Å². The molecule has 0 atom stereocenters. The first-order valence-corrected chi connectivity index (χ1v) is 5.88. The van der Waals surface area contributed by atoms with Gasteiger partial charge in [-0.25, -0.2) is 4.98 Å². The van der Waals surface area contributed by atoms with Crippen LogP contribution >= 0.6 is 11.3 Å². The molecule has 0 saturated heterocycles.